The Bertz CT molecular complexity index is 417. The van der Waals surface area contributed by atoms with Gasteiger partial charge in [-0.25, -0.2) is 4.79 Å². The molecule has 1 unspecified atom stereocenters. The van der Waals surface area contributed by atoms with Crippen LogP contribution in [0.1, 0.15) is 22.7 Å². The second-order valence-corrected chi connectivity index (χ2v) is 4.65. The highest BCUT2D eigenvalue weighted by molar-refractivity contribution is 7.98. The van der Waals surface area contributed by atoms with E-state index in [1.165, 1.54) is 18.9 Å². The van der Waals surface area contributed by atoms with Crippen LogP contribution >= 0.6 is 11.8 Å². The third-order valence-electron chi connectivity index (χ3n) is 2.18. The van der Waals surface area contributed by atoms with Crippen LogP contribution in [-0.2, 0) is 15.3 Å². The van der Waals surface area contributed by atoms with E-state index in [0.717, 1.165) is 0 Å². The molecule has 0 bridgehead atoms. The minimum Gasteiger partial charge on any atom is -0.480 e. The first-order valence-electron chi connectivity index (χ1n) is 5.27. The topological polar surface area (TPSA) is 103 Å². The summed E-state index contributed by atoms with van der Waals surface area (Å²) in [7, 11) is 1.28. The molecule has 100 valence electrons. The van der Waals surface area contributed by atoms with Crippen molar-refractivity contribution in [2.24, 2.45) is 5.73 Å². The van der Waals surface area contributed by atoms with Gasteiger partial charge in [-0.1, -0.05) is 0 Å². The van der Waals surface area contributed by atoms with Gasteiger partial charge in [0, 0.05) is 0 Å². The number of carbonyl (C=O) groups excluding carboxylic acids is 1. The second-order valence-electron chi connectivity index (χ2n) is 3.54. The van der Waals surface area contributed by atoms with Gasteiger partial charge in [-0.3, -0.25) is 4.79 Å². The summed E-state index contributed by atoms with van der Waals surface area (Å²) in [6.07, 6.45) is 0.393. The molecular formula is C11H15NO5S. The van der Waals surface area contributed by atoms with Crippen molar-refractivity contribution < 1.29 is 23.8 Å². The minimum absolute atomic E-state index is 0.162. The van der Waals surface area contributed by atoms with E-state index in [4.69, 9.17) is 15.3 Å². The van der Waals surface area contributed by atoms with Crippen molar-refractivity contribution >= 4 is 23.7 Å². The van der Waals surface area contributed by atoms with Gasteiger partial charge in [0.2, 0.25) is 5.76 Å². The molecule has 0 amide bonds. The van der Waals surface area contributed by atoms with Crippen LogP contribution in [0.5, 0.6) is 0 Å². The Kier molecular flexibility index (Phi) is 5.73. The third-order valence-corrected chi connectivity index (χ3v) is 3.20. The van der Waals surface area contributed by atoms with Crippen LogP contribution in [0, 0.1) is 0 Å². The van der Waals surface area contributed by atoms with Crippen molar-refractivity contribution in [3.63, 3.8) is 0 Å². The molecule has 1 aromatic rings. The zero-order valence-electron chi connectivity index (χ0n) is 9.92. The highest BCUT2D eigenvalue weighted by Gasteiger charge is 2.12. The van der Waals surface area contributed by atoms with Gasteiger partial charge in [0.15, 0.2) is 0 Å². The number of furan rings is 1. The molecular weight excluding hydrogens is 258 g/mol. The Balaban J connectivity index is 2.29. The number of carboxylic acid groups (broad SMARTS) is 1. The van der Waals surface area contributed by atoms with Crippen LogP contribution in [0.15, 0.2) is 16.5 Å². The summed E-state index contributed by atoms with van der Waals surface area (Å²) in [6.45, 7) is 0. The Labute approximate surface area is 108 Å². The minimum atomic E-state index is -0.999. The molecule has 0 aliphatic rings. The molecule has 6 nitrogen and oxygen atoms in total. The standard InChI is InChI=1S/C11H15NO5S/c1-16-11(15)9-3-2-7(17-9)6-18-5-4-8(12)10(13)14/h2-3,8H,4-6,12H2,1H3,(H,13,14). The van der Waals surface area contributed by atoms with E-state index in [9.17, 15) is 9.59 Å². The highest BCUT2D eigenvalue weighted by atomic mass is 32.2. The van der Waals surface area contributed by atoms with Crippen LogP contribution in [0.2, 0.25) is 0 Å². The van der Waals surface area contributed by atoms with Gasteiger partial charge in [0.1, 0.15) is 11.8 Å². The predicted molar refractivity (Wildman–Crippen MR) is 66.4 cm³/mol. The number of carbonyl (C=O) groups is 2. The van der Waals surface area contributed by atoms with E-state index >= 15 is 0 Å². The van der Waals surface area contributed by atoms with Crippen molar-refractivity contribution in [2.75, 3.05) is 12.9 Å². The fourth-order valence-corrected chi connectivity index (χ4v) is 2.09. The molecule has 3 N–H and O–H groups in total. The smallest absolute Gasteiger partial charge is 0.373 e. The lowest BCUT2D eigenvalue weighted by atomic mass is 10.2. The number of nitrogens with two attached hydrogens (primary N) is 1. The Hall–Kier alpha value is -1.47. The molecule has 1 rings (SSSR count). The molecule has 0 aliphatic carbocycles. The van der Waals surface area contributed by atoms with E-state index < -0.39 is 18.0 Å². The van der Waals surface area contributed by atoms with E-state index in [0.29, 0.717) is 23.7 Å². The number of thioether (sulfide) groups is 1. The molecule has 18 heavy (non-hydrogen) atoms. The number of aliphatic carboxylic acids is 1. The van der Waals surface area contributed by atoms with E-state index in [1.54, 1.807) is 12.1 Å². The summed E-state index contributed by atoms with van der Waals surface area (Å²) >= 11 is 1.50. The maximum Gasteiger partial charge on any atom is 0.373 e. The molecule has 0 radical (unpaired) electrons. The first kappa shape index (κ1) is 14.6. The maximum atomic E-state index is 11.1. The lowest BCUT2D eigenvalue weighted by Gasteiger charge is -2.04. The number of ether oxygens (including phenoxy) is 1. The molecule has 1 heterocycles. The zero-order chi connectivity index (χ0) is 13.5. The molecule has 7 heteroatoms. The van der Waals surface area contributed by atoms with Gasteiger partial charge in [0.05, 0.1) is 12.9 Å². The summed E-state index contributed by atoms with van der Waals surface area (Å²) in [5.74, 6) is 0.464. The van der Waals surface area contributed by atoms with Crippen LogP contribution in [0.25, 0.3) is 0 Å². The molecule has 1 aromatic heterocycles. The fourth-order valence-electron chi connectivity index (χ4n) is 1.17. The Morgan fingerprint density at radius 1 is 1.56 bits per heavy atom. The Morgan fingerprint density at radius 3 is 2.89 bits per heavy atom. The van der Waals surface area contributed by atoms with Crippen LogP contribution in [-0.4, -0.2) is 35.9 Å². The number of rotatable bonds is 7. The maximum absolute atomic E-state index is 11.1. The first-order valence-corrected chi connectivity index (χ1v) is 6.43. The molecule has 0 spiro atoms. The van der Waals surface area contributed by atoms with Crippen LogP contribution in [0.4, 0.5) is 0 Å². The predicted octanol–water partition coefficient (Wildman–Crippen LogP) is 1.10. The molecule has 0 saturated carbocycles. The van der Waals surface area contributed by atoms with Crippen LogP contribution < -0.4 is 5.73 Å². The highest BCUT2D eigenvalue weighted by Crippen LogP contribution is 2.17. The van der Waals surface area contributed by atoms with E-state index in [-0.39, 0.29) is 5.76 Å². The SMILES string of the molecule is COC(=O)c1ccc(CSCCC(N)C(=O)O)o1. The third kappa shape index (κ3) is 4.42. The van der Waals surface area contributed by atoms with Gasteiger partial charge in [-0.2, -0.15) is 11.8 Å². The van der Waals surface area contributed by atoms with Crippen molar-refractivity contribution in [3.8, 4) is 0 Å². The summed E-state index contributed by atoms with van der Waals surface area (Å²) in [4.78, 5) is 21.6. The van der Waals surface area contributed by atoms with Gasteiger partial charge in [0.25, 0.3) is 0 Å². The fraction of sp³-hybridized carbons (Fsp3) is 0.455. The number of hydrogen-bond donors (Lipinski definition) is 2. The first-order chi connectivity index (χ1) is 8.54. The van der Waals surface area contributed by atoms with Crippen molar-refractivity contribution in [2.45, 2.75) is 18.2 Å². The lowest BCUT2D eigenvalue weighted by molar-refractivity contribution is -0.138. The summed E-state index contributed by atoms with van der Waals surface area (Å²) in [5.41, 5.74) is 5.36. The largest absolute Gasteiger partial charge is 0.480 e. The van der Waals surface area contributed by atoms with Gasteiger partial charge < -0.3 is 20.0 Å². The number of methoxy groups -OCH3 is 1. The summed E-state index contributed by atoms with van der Waals surface area (Å²) < 4.78 is 9.76. The molecule has 0 aliphatic heterocycles. The second kappa shape index (κ2) is 7.07. The van der Waals surface area contributed by atoms with E-state index in [1.807, 2.05) is 0 Å². The van der Waals surface area contributed by atoms with Crippen molar-refractivity contribution in [1.82, 2.24) is 0 Å². The lowest BCUT2D eigenvalue weighted by Crippen LogP contribution is -2.30. The molecule has 1 atom stereocenters. The van der Waals surface area contributed by atoms with Gasteiger partial charge in [-0.05, 0) is 24.3 Å². The van der Waals surface area contributed by atoms with Crippen LogP contribution in [0.3, 0.4) is 0 Å². The molecule has 0 fully saturated rings. The summed E-state index contributed by atoms with van der Waals surface area (Å²) in [5, 5.41) is 8.59. The van der Waals surface area contributed by atoms with Crippen molar-refractivity contribution in [3.05, 3.63) is 23.7 Å². The quantitative estimate of drug-likeness (QED) is 0.566. The van der Waals surface area contributed by atoms with E-state index in [2.05, 4.69) is 4.74 Å². The Morgan fingerprint density at radius 2 is 2.28 bits per heavy atom. The van der Waals surface area contributed by atoms with Gasteiger partial charge in [-0.15, -0.1) is 0 Å². The summed E-state index contributed by atoms with van der Waals surface area (Å²) in [6, 6.07) is 2.40. The van der Waals surface area contributed by atoms with Crippen molar-refractivity contribution in [1.29, 1.82) is 0 Å². The number of hydrogen-bond acceptors (Lipinski definition) is 6. The monoisotopic (exact) mass is 273 g/mol. The number of carboxylic acids is 1. The zero-order valence-corrected chi connectivity index (χ0v) is 10.7. The average Bonchev–Trinajstić information content (AvgIpc) is 2.81. The molecule has 0 saturated heterocycles. The number of esters is 1. The van der Waals surface area contributed by atoms with Gasteiger partial charge >= 0.3 is 11.9 Å². The average molecular weight is 273 g/mol. The molecule has 0 aromatic carbocycles. The normalized spacial score (nSPS) is 12.1.